The molecule has 0 unspecified atom stereocenters. The fraction of sp³-hybridized carbons (Fsp3) is 0.650. The molecule has 1 aliphatic carbocycles. The SMILES string of the molecule is CCOCc1nc2c(N)nc(C)c(C)c2n1CCNC(=O)C1CCCCC1. The normalized spacial score (nSPS) is 15.4. The molecule has 1 saturated carbocycles. The van der Waals surface area contributed by atoms with Crippen molar-refractivity contribution in [2.45, 2.75) is 66.0 Å². The van der Waals surface area contributed by atoms with E-state index in [1.165, 1.54) is 6.42 Å². The summed E-state index contributed by atoms with van der Waals surface area (Å²) in [5.74, 6) is 1.61. The van der Waals surface area contributed by atoms with Crippen LogP contribution in [-0.4, -0.2) is 33.6 Å². The fourth-order valence-electron chi connectivity index (χ4n) is 3.89. The Labute approximate surface area is 160 Å². The lowest BCUT2D eigenvalue weighted by Crippen LogP contribution is -2.34. The lowest BCUT2D eigenvalue weighted by Gasteiger charge is -2.21. The Hall–Kier alpha value is -2.15. The van der Waals surface area contributed by atoms with Gasteiger partial charge >= 0.3 is 0 Å². The maximum Gasteiger partial charge on any atom is 0.223 e. The Kier molecular flexibility index (Phi) is 6.31. The molecule has 2 aromatic heterocycles. The maximum absolute atomic E-state index is 12.4. The van der Waals surface area contributed by atoms with Crippen LogP contribution in [-0.2, 0) is 22.7 Å². The van der Waals surface area contributed by atoms with Crippen molar-refractivity contribution in [2.24, 2.45) is 5.92 Å². The first kappa shape index (κ1) is 19.6. The average molecular weight is 374 g/mol. The standard InChI is InChI=1S/C20H31N5O2/c1-4-27-12-16-24-17-18(13(2)14(3)23-19(17)21)25(16)11-10-22-20(26)15-8-6-5-7-9-15/h15H,4-12H2,1-3H3,(H2,21,23)(H,22,26). The van der Waals surface area contributed by atoms with Gasteiger partial charge < -0.3 is 20.4 Å². The number of aryl methyl sites for hydroxylation is 2. The van der Waals surface area contributed by atoms with E-state index in [0.29, 0.717) is 37.6 Å². The van der Waals surface area contributed by atoms with Crippen LogP contribution in [0.2, 0.25) is 0 Å². The van der Waals surface area contributed by atoms with E-state index in [2.05, 4.69) is 19.9 Å². The number of aromatic nitrogens is 3. The third-order valence-corrected chi connectivity index (χ3v) is 5.52. The largest absolute Gasteiger partial charge is 0.382 e. The molecule has 3 rings (SSSR count). The van der Waals surface area contributed by atoms with Gasteiger partial charge in [-0.3, -0.25) is 4.79 Å². The third kappa shape index (κ3) is 4.24. The van der Waals surface area contributed by atoms with Crippen LogP contribution in [0.5, 0.6) is 0 Å². The number of hydrogen-bond donors (Lipinski definition) is 2. The first-order valence-electron chi connectivity index (χ1n) is 10.00. The summed E-state index contributed by atoms with van der Waals surface area (Å²) in [5, 5.41) is 3.11. The number of carbonyl (C=O) groups is 1. The van der Waals surface area contributed by atoms with E-state index >= 15 is 0 Å². The average Bonchev–Trinajstić information content (AvgIpc) is 3.04. The molecular formula is C20H31N5O2. The van der Waals surface area contributed by atoms with Crippen molar-refractivity contribution in [2.75, 3.05) is 18.9 Å². The number of nitrogens with zero attached hydrogens (tertiary/aromatic N) is 3. The predicted octanol–water partition coefficient (Wildman–Crippen LogP) is 2.86. The van der Waals surface area contributed by atoms with E-state index < -0.39 is 0 Å². The van der Waals surface area contributed by atoms with E-state index in [1.807, 2.05) is 20.8 Å². The lowest BCUT2D eigenvalue weighted by molar-refractivity contribution is -0.125. The third-order valence-electron chi connectivity index (χ3n) is 5.52. The van der Waals surface area contributed by atoms with Crippen molar-refractivity contribution in [1.82, 2.24) is 19.9 Å². The summed E-state index contributed by atoms with van der Waals surface area (Å²) < 4.78 is 7.71. The quantitative estimate of drug-likeness (QED) is 0.778. The summed E-state index contributed by atoms with van der Waals surface area (Å²) in [7, 11) is 0. The van der Waals surface area contributed by atoms with E-state index in [9.17, 15) is 4.79 Å². The predicted molar refractivity (Wildman–Crippen MR) is 106 cm³/mol. The molecule has 1 aliphatic rings. The Morgan fingerprint density at radius 1 is 1.26 bits per heavy atom. The van der Waals surface area contributed by atoms with Gasteiger partial charge in [0.05, 0.1) is 5.52 Å². The molecule has 1 fully saturated rings. The zero-order chi connectivity index (χ0) is 19.4. The molecule has 0 saturated heterocycles. The minimum atomic E-state index is 0.171. The van der Waals surface area contributed by atoms with Gasteiger partial charge in [0.15, 0.2) is 5.82 Å². The van der Waals surface area contributed by atoms with E-state index in [-0.39, 0.29) is 11.8 Å². The van der Waals surface area contributed by atoms with Gasteiger partial charge in [-0.2, -0.15) is 0 Å². The van der Waals surface area contributed by atoms with Crippen molar-refractivity contribution >= 4 is 22.8 Å². The van der Waals surface area contributed by atoms with E-state index in [0.717, 1.165) is 48.3 Å². The van der Waals surface area contributed by atoms with Crippen LogP contribution in [0.1, 0.15) is 56.1 Å². The molecule has 0 bridgehead atoms. The fourth-order valence-corrected chi connectivity index (χ4v) is 3.89. The Balaban J connectivity index is 1.79. The summed E-state index contributed by atoms with van der Waals surface area (Å²) in [6, 6.07) is 0. The molecule has 0 spiro atoms. The Morgan fingerprint density at radius 2 is 2.00 bits per heavy atom. The van der Waals surface area contributed by atoms with Crippen LogP contribution in [0.4, 0.5) is 5.82 Å². The van der Waals surface area contributed by atoms with Crippen LogP contribution in [0, 0.1) is 19.8 Å². The number of anilines is 1. The zero-order valence-corrected chi connectivity index (χ0v) is 16.7. The molecule has 7 nitrogen and oxygen atoms in total. The molecular weight excluding hydrogens is 342 g/mol. The molecule has 0 aromatic carbocycles. The first-order chi connectivity index (χ1) is 13.0. The highest BCUT2D eigenvalue weighted by molar-refractivity contribution is 5.88. The zero-order valence-electron chi connectivity index (χ0n) is 16.7. The molecule has 148 valence electrons. The summed E-state index contributed by atoms with van der Waals surface area (Å²) in [6.07, 6.45) is 5.59. The second-order valence-corrected chi connectivity index (χ2v) is 7.35. The van der Waals surface area contributed by atoms with Crippen molar-refractivity contribution in [3.63, 3.8) is 0 Å². The Morgan fingerprint density at radius 3 is 2.70 bits per heavy atom. The number of rotatable bonds is 7. The lowest BCUT2D eigenvalue weighted by atomic mass is 9.89. The van der Waals surface area contributed by atoms with Gasteiger partial charge in [-0.15, -0.1) is 0 Å². The number of nitrogens with one attached hydrogen (secondary N) is 1. The number of amides is 1. The number of pyridine rings is 1. The number of ether oxygens (including phenoxy) is 1. The highest BCUT2D eigenvalue weighted by atomic mass is 16.5. The minimum absolute atomic E-state index is 0.171. The summed E-state index contributed by atoms with van der Waals surface area (Å²) in [5.41, 5.74) is 9.78. The highest BCUT2D eigenvalue weighted by Crippen LogP contribution is 2.26. The van der Waals surface area contributed by atoms with Crippen molar-refractivity contribution in [3.05, 3.63) is 17.1 Å². The molecule has 1 amide bonds. The van der Waals surface area contributed by atoms with E-state index in [1.54, 1.807) is 0 Å². The van der Waals surface area contributed by atoms with Crippen LogP contribution >= 0.6 is 0 Å². The topological polar surface area (TPSA) is 95.1 Å². The number of carbonyl (C=O) groups excluding carboxylic acids is 1. The molecule has 7 heteroatoms. The van der Waals surface area contributed by atoms with Crippen LogP contribution in [0.3, 0.4) is 0 Å². The first-order valence-corrected chi connectivity index (χ1v) is 10.00. The summed E-state index contributed by atoms with van der Waals surface area (Å²) >= 11 is 0. The Bertz CT molecular complexity index is 809. The molecule has 3 N–H and O–H groups in total. The highest BCUT2D eigenvalue weighted by Gasteiger charge is 2.21. The molecule has 2 aromatic rings. The monoisotopic (exact) mass is 373 g/mol. The molecule has 0 radical (unpaired) electrons. The number of fused-ring (bicyclic) bond motifs is 1. The van der Waals surface area contributed by atoms with Gasteiger partial charge in [0.2, 0.25) is 5.91 Å². The number of nitrogens with two attached hydrogens (primary N) is 1. The van der Waals surface area contributed by atoms with Gasteiger partial charge in [0, 0.05) is 31.3 Å². The van der Waals surface area contributed by atoms with Gasteiger partial charge in [0.25, 0.3) is 0 Å². The number of nitrogen functional groups attached to an aromatic ring is 1. The summed E-state index contributed by atoms with van der Waals surface area (Å²) in [4.78, 5) is 21.5. The van der Waals surface area contributed by atoms with Gasteiger partial charge in [-0.25, -0.2) is 9.97 Å². The number of imidazole rings is 1. The molecule has 0 aliphatic heterocycles. The van der Waals surface area contributed by atoms with Crippen molar-refractivity contribution in [1.29, 1.82) is 0 Å². The number of hydrogen-bond acceptors (Lipinski definition) is 5. The van der Waals surface area contributed by atoms with Crippen molar-refractivity contribution in [3.8, 4) is 0 Å². The van der Waals surface area contributed by atoms with Gasteiger partial charge in [-0.1, -0.05) is 19.3 Å². The van der Waals surface area contributed by atoms with Crippen LogP contribution < -0.4 is 11.1 Å². The van der Waals surface area contributed by atoms with Crippen LogP contribution in [0.15, 0.2) is 0 Å². The van der Waals surface area contributed by atoms with Gasteiger partial charge in [0.1, 0.15) is 17.9 Å². The minimum Gasteiger partial charge on any atom is -0.382 e. The van der Waals surface area contributed by atoms with E-state index in [4.69, 9.17) is 10.5 Å². The molecule has 2 heterocycles. The second-order valence-electron chi connectivity index (χ2n) is 7.35. The second kappa shape index (κ2) is 8.69. The maximum atomic E-state index is 12.4. The van der Waals surface area contributed by atoms with Crippen LogP contribution in [0.25, 0.3) is 11.0 Å². The molecule has 27 heavy (non-hydrogen) atoms. The van der Waals surface area contributed by atoms with Gasteiger partial charge in [-0.05, 0) is 39.2 Å². The van der Waals surface area contributed by atoms with Crippen molar-refractivity contribution < 1.29 is 9.53 Å². The summed E-state index contributed by atoms with van der Waals surface area (Å²) in [6.45, 7) is 8.19. The molecule has 0 atom stereocenters. The smallest absolute Gasteiger partial charge is 0.223 e.